The van der Waals surface area contributed by atoms with Gasteiger partial charge in [0.15, 0.2) is 0 Å². The summed E-state index contributed by atoms with van der Waals surface area (Å²) in [4.78, 5) is 0. The van der Waals surface area contributed by atoms with Gasteiger partial charge in [0.05, 0.1) is 0 Å². The summed E-state index contributed by atoms with van der Waals surface area (Å²) in [5, 5.41) is 0. The third kappa shape index (κ3) is 24.9. The molecule has 0 heterocycles. The van der Waals surface area contributed by atoms with Crippen molar-refractivity contribution in [2.45, 2.75) is 105 Å². The first-order chi connectivity index (χ1) is 8.00. The van der Waals surface area contributed by atoms with E-state index in [1.165, 1.54) is 77.0 Å². The fourth-order valence-electron chi connectivity index (χ4n) is 2.12. The molecule has 0 unspecified atom stereocenters. The Morgan fingerprint density at radius 2 is 0.333 bits per heavy atom. The molecule has 116 valence electrons. The van der Waals surface area contributed by atoms with Gasteiger partial charge in [-0.25, -0.2) is 0 Å². The lowest BCUT2D eigenvalue weighted by Crippen LogP contribution is -1.85. The van der Waals surface area contributed by atoms with Gasteiger partial charge < -0.3 is 11.0 Å². The third-order valence-electron chi connectivity index (χ3n) is 3.00. The van der Waals surface area contributed by atoms with E-state index in [0.29, 0.717) is 0 Å². The van der Waals surface area contributed by atoms with Crippen LogP contribution in [0.3, 0.4) is 0 Å². The van der Waals surface area contributed by atoms with Crippen LogP contribution in [0.4, 0.5) is 0 Å². The van der Waals surface area contributed by atoms with E-state index in [4.69, 9.17) is 0 Å². The second-order valence-electron chi connectivity index (χ2n) is 4.24. The molecule has 2 heteroatoms. The zero-order chi connectivity index (χ0) is 12.5. The SMILES string of the molecule is C1CCCCC1.C1CCCCC1.CC.CC.O.O. The molecule has 0 aliphatic heterocycles. The normalized spacial score (nSPS) is 16.7. The highest BCUT2D eigenvalue weighted by Gasteiger charge is 1.96. The molecule has 0 bridgehead atoms. The fraction of sp³-hybridized carbons (Fsp3) is 1.00. The van der Waals surface area contributed by atoms with E-state index >= 15 is 0 Å². The number of hydrogen-bond acceptors (Lipinski definition) is 0. The van der Waals surface area contributed by atoms with Crippen molar-refractivity contribution in [3.05, 3.63) is 0 Å². The van der Waals surface area contributed by atoms with Gasteiger partial charge in [0, 0.05) is 0 Å². The summed E-state index contributed by atoms with van der Waals surface area (Å²) in [6.45, 7) is 8.00. The molecule has 2 rings (SSSR count). The molecule has 4 N–H and O–H groups in total. The Morgan fingerprint density at radius 1 is 0.278 bits per heavy atom. The molecule has 2 aliphatic carbocycles. The minimum Gasteiger partial charge on any atom is -0.412 e. The maximum Gasteiger partial charge on any atom is -0.0533 e. The first-order valence-corrected chi connectivity index (χ1v) is 8.00. The Hall–Kier alpha value is -0.0800. The zero-order valence-electron chi connectivity index (χ0n) is 13.5. The molecule has 2 fully saturated rings. The van der Waals surface area contributed by atoms with Crippen molar-refractivity contribution in [1.29, 1.82) is 0 Å². The molecule has 0 aromatic heterocycles. The van der Waals surface area contributed by atoms with Gasteiger partial charge in [0.25, 0.3) is 0 Å². The van der Waals surface area contributed by atoms with Gasteiger partial charge in [-0.3, -0.25) is 0 Å². The van der Waals surface area contributed by atoms with Crippen molar-refractivity contribution in [3.63, 3.8) is 0 Å². The molecular weight excluding hydrogens is 224 g/mol. The van der Waals surface area contributed by atoms with Gasteiger partial charge in [-0.2, -0.15) is 0 Å². The third-order valence-corrected chi connectivity index (χ3v) is 3.00. The predicted octanol–water partition coefficient (Wildman–Crippen LogP) is 5.08. The van der Waals surface area contributed by atoms with E-state index in [9.17, 15) is 0 Å². The van der Waals surface area contributed by atoms with Gasteiger partial charge in [-0.1, -0.05) is 105 Å². The van der Waals surface area contributed by atoms with E-state index in [1.807, 2.05) is 27.7 Å². The summed E-state index contributed by atoms with van der Waals surface area (Å²) in [6.07, 6.45) is 18.0. The van der Waals surface area contributed by atoms with Gasteiger partial charge in [0.2, 0.25) is 0 Å². The summed E-state index contributed by atoms with van der Waals surface area (Å²) < 4.78 is 0. The van der Waals surface area contributed by atoms with Crippen molar-refractivity contribution in [1.82, 2.24) is 0 Å². The summed E-state index contributed by atoms with van der Waals surface area (Å²) >= 11 is 0. The molecule has 0 spiro atoms. The Morgan fingerprint density at radius 3 is 0.389 bits per heavy atom. The minimum atomic E-state index is 0. The molecule has 2 saturated carbocycles. The van der Waals surface area contributed by atoms with Gasteiger partial charge >= 0.3 is 0 Å². The topological polar surface area (TPSA) is 63.0 Å². The second kappa shape index (κ2) is 30.2. The number of hydrogen-bond donors (Lipinski definition) is 0. The van der Waals surface area contributed by atoms with Crippen LogP contribution in [0.25, 0.3) is 0 Å². The highest BCUT2D eigenvalue weighted by Crippen LogP contribution is 2.15. The molecule has 2 nitrogen and oxygen atoms in total. The van der Waals surface area contributed by atoms with Crippen LogP contribution in [0.1, 0.15) is 105 Å². The van der Waals surface area contributed by atoms with E-state index in [-0.39, 0.29) is 11.0 Å². The maximum atomic E-state index is 2.00. The minimum absolute atomic E-state index is 0. The first-order valence-electron chi connectivity index (χ1n) is 8.00. The van der Waals surface area contributed by atoms with Crippen LogP contribution >= 0.6 is 0 Å². The molecular formula is C16H40O2. The van der Waals surface area contributed by atoms with Gasteiger partial charge in [-0.05, 0) is 0 Å². The van der Waals surface area contributed by atoms with Crippen molar-refractivity contribution in [2.24, 2.45) is 0 Å². The lowest BCUT2D eigenvalue weighted by Gasteiger charge is -2.05. The van der Waals surface area contributed by atoms with Gasteiger partial charge in [0.1, 0.15) is 0 Å². The summed E-state index contributed by atoms with van der Waals surface area (Å²) in [5.41, 5.74) is 0. The Bertz CT molecular complexity index is 52.1. The monoisotopic (exact) mass is 264 g/mol. The highest BCUT2D eigenvalue weighted by molar-refractivity contribution is 4.51. The van der Waals surface area contributed by atoms with Gasteiger partial charge in [-0.15, -0.1) is 0 Å². The number of rotatable bonds is 0. The van der Waals surface area contributed by atoms with Crippen LogP contribution in [-0.2, 0) is 0 Å². The molecule has 0 amide bonds. The van der Waals surface area contributed by atoms with Crippen molar-refractivity contribution in [2.75, 3.05) is 0 Å². The average Bonchev–Trinajstić information content (AvgIpc) is 2.48. The lowest BCUT2D eigenvalue weighted by molar-refractivity contribution is 0.504. The van der Waals surface area contributed by atoms with E-state index < -0.39 is 0 Å². The maximum absolute atomic E-state index is 2.00. The summed E-state index contributed by atoms with van der Waals surface area (Å²) in [5.74, 6) is 0. The lowest BCUT2D eigenvalue weighted by atomic mass is 10.0. The van der Waals surface area contributed by atoms with Crippen LogP contribution in [0, 0.1) is 0 Å². The summed E-state index contributed by atoms with van der Waals surface area (Å²) in [7, 11) is 0. The van der Waals surface area contributed by atoms with Crippen molar-refractivity contribution >= 4 is 0 Å². The summed E-state index contributed by atoms with van der Waals surface area (Å²) in [6, 6.07) is 0. The second-order valence-corrected chi connectivity index (χ2v) is 4.24. The van der Waals surface area contributed by atoms with Crippen molar-refractivity contribution < 1.29 is 11.0 Å². The Labute approximate surface area is 116 Å². The van der Waals surface area contributed by atoms with E-state index in [0.717, 1.165) is 0 Å². The molecule has 2 aliphatic rings. The van der Waals surface area contributed by atoms with Crippen LogP contribution in [-0.4, -0.2) is 11.0 Å². The molecule has 0 aromatic carbocycles. The van der Waals surface area contributed by atoms with Crippen LogP contribution in [0.15, 0.2) is 0 Å². The zero-order valence-corrected chi connectivity index (χ0v) is 13.5. The standard InChI is InChI=1S/2C6H12.2C2H6.2H2O/c2*1-2-4-6-5-3-1;2*1-2;;/h2*1-6H2;2*1-2H3;2*1H2. The fourth-order valence-corrected chi connectivity index (χ4v) is 2.12. The van der Waals surface area contributed by atoms with Crippen LogP contribution in [0.5, 0.6) is 0 Å². The Balaban J connectivity index is -0.0000000787. The van der Waals surface area contributed by atoms with Crippen LogP contribution in [0.2, 0.25) is 0 Å². The molecule has 18 heavy (non-hydrogen) atoms. The van der Waals surface area contributed by atoms with Crippen molar-refractivity contribution in [3.8, 4) is 0 Å². The first kappa shape index (κ1) is 26.5. The largest absolute Gasteiger partial charge is 0.412 e. The predicted molar refractivity (Wildman–Crippen MR) is 85.3 cm³/mol. The smallest absolute Gasteiger partial charge is 0.0533 e. The quantitative estimate of drug-likeness (QED) is 0.585. The highest BCUT2D eigenvalue weighted by atomic mass is 16.0. The van der Waals surface area contributed by atoms with E-state index in [2.05, 4.69) is 0 Å². The van der Waals surface area contributed by atoms with E-state index in [1.54, 1.807) is 0 Å². The molecule has 0 saturated heterocycles. The van der Waals surface area contributed by atoms with Crippen LogP contribution < -0.4 is 0 Å². The molecule has 0 aromatic rings. The molecule has 0 atom stereocenters. The molecule has 0 radical (unpaired) electrons. The Kier molecular flexibility index (Phi) is 44.4. The average molecular weight is 264 g/mol.